The van der Waals surface area contributed by atoms with E-state index in [1.54, 1.807) is 42.5 Å². The van der Waals surface area contributed by atoms with Crippen LogP contribution in [0.4, 0.5) is 10.1 Å². The molecule has 0 N–H and O–H groups in total. The van der Waals surface area contributed by atoms with E-state index in [9.17, 15) is 14.0 Å². The molecule has 0 saturated carbocycles. The van der Waals surface area contributed by atoms with Crippen molar-refractivity contribution in [1.82, 2.24) is 0 Å². The molecule has 2 bridgehead atoms. The number of nitrogens with zero attached hydrogens (tertiary/aromatic N) is 1. The van der Waals surface area contributed by atoms with Gasteiger partial charge in [-0.05, 0) is 47.5 Å². The lowest BCUT2D eigenvalue weighted by atomic mass is 9.80. The summed E-state index contributed by atoms with van der Waals surface area (Å²) in [5, 5.41) is 0.458. The molecule has 30 heavy (non-hydrogen) atoms. The molecule has 0 fully saturated rings. The minimum absolute atomic E-state index is 0.181. The van der Waals surface area contributed by atoms with E-state index in [0.29, 0.717) is 38.7 Å². The maximum Gasteiger partial charge on any atom is 0.260 e. The number of rotatable bonds is 3. The maximum absolute atomic E-state index is 14.1. The highest BCUT2D eigenvalue weighted by Crippen LogP contribution is 2.42. The predicted octanol–water partition coefficient (Wildman–Crippen LogP) is 5.39. The first-order chi connectivity index (χ1) is 14.5. The lowest BCUT2D eigenvalue weighted by Crippen LogP contribution is -2.50. The van der Waals surface area contributed by atoms with Crippen molar-refractivity contribution in [3.8, 4) is 16.9 Å². The Morgan fingerprint density at radius 1 is 1.00 bits per heavy atom. The van der Waals surface area contributed by atoms with E-state index in [-0.39, 0.29) is 17.3 Å². The topological polar surface area (TPSA) is 46.6 Å². The van der Waals surface area contributed by atoms with Crippen molar-refractivity contribution in [3.05, 3.63) is 88.2 Å². The van der Waals surface area contributed by atoms with Crippen LogP contribution in [0.2, 0.25) is 5.02 Å². The summed E-state index contributed by atoms with van der Waals surface area (Å²) in [6.07, 6.45) is 3.55. The zero-order valence-corrected chi connectivity index (χ0v) is 16.6. The minimum Gasteiger partial charge on any atom is -0.496 e. The van der Waals surface area contributed by atoms with Crippen molar-refractivity contribution in [2.45, 2.75) is 6.04 Å². The number of fused-ring (bicyclic) bond motifs is 1. The Bertz CT molecular complexity index is 1270. The summed E-state index contributed by atoms with van der Waals surface area (Å²) in [5.41, 5.74) is 2.64. The van der Waals surface area contributed by atoms with Crippen LogP contribution < -0.4 is 9.64 Å². The smallest absolute Gasteiger partial charge is 0.260 e. The fraction of sp³-hybridized carbons (Fsp3) is 0.0833. The van der Waals surface area contributed by atoms with Crippen LogP contribution in [0.25, 0.3) is 17.2 Å². The first-order valence-corrected chi connectivity index (χ1v) is 9.70. The van der Waals surface area contributed by atoms with E-state index in [1.165, 1.54) is 30.2 Å². The Morgan fingerprint density at radius 2 is 1.83 bits per heavy atom. The number of ether oxygens (including phenoxy) is 1. The van der Waals surface area contributed by atoms with Gasteiger partial charge in [0, 0.05) is 21.8 Å². The van der Waals surface area contributed by atoms with Gasteiger partial charge in [-0.1, -0.05) is 42.0 Å². The first-order valence-electron chi connectivity index (χ1n) is 9.32. The second kappa shape index (κ2) is 6.82. The monoisotopic (exact) mass is 419 g/mol. The summed E-state index contributed by atoms with van der Waals surface area (Å²) in [4.78, 5) is 28.5. The van der Waals surface area contributed by atoms with E-state index in [2.05, 4.69) is 0 Å². The third kappa shape index (κ3) is 2.66. The van der Waals surface area contributed by atoms with Gasteiger partial charge in [0.05, 0.1) is 12.7 Å². The summed E-state index contributed by atoms with van der Waals surface area (Å²) in [6.45, 7) is 0. The van der Waals surface area contributed by atoms with Gasteiger partial charge in [0.1, 0.15) is 17.6 Å². The number of anilines is 1. The van der Waals surface area contributed by atoms with E-state index in [4.69, 9.17) is 16.3 Å². The van der Waals surface area contributed by atoms with Crippen LogP contribution in [0.15, 0.2) is 60.7 Å². The minimum atomic E-state index is -0.749. The van der Waals surface area contributed by atoms with Gasteiger partial charge in [-0.3, -0.25) is 14.5 Å². The van der Waals surface area contributed by atoms with Crippen LogP contribution in [-0.2, 0) is 0 Å². The Balaban J connectivity index is 1.80. The van der Waals surface area contributed by atoms with E-state index >= 15 is 0 Å². The van der Waals surface area contributed by atoms with Crippen molar-refractivity contribution in [1.29, 1.82) is 0 Å². The number of Topliss-reactive ketones (excluding diaryl/α,β-unsaturated/α-hetero) is 1. The number of carbonyl (C=O) groups is 2. The Hall–Kier alpha value is -3.44. The van der Waals surface area contributed by atoms with Gasteiger partial charge in [-0.15, -0.1) is 0 Å². The van der Waals surface area contributed by atoms with Gasteiger partial charge < -0.3 is 4.74 Å². The number of methoxy groups -OCH3 is 1. The fourth-order valence-electron chi connectivity index (χ4n) is 4.14. The van der Waals surface area contributed by atoms with Gasteiger partial charge >= 0.3 is 0 Å². The molecular formula is C24H15ClFNO3. The summed E-state index contributed by atoms with van der Waals surface area (Å²) >= 11 is 6.14. The lowest BCUT2D eigenvalue weighted by molar-refractivity contribution is 0.0885. The van der Waals surface area contributed by atoms with Crippen LogP contribution in [-0.4, -0.2) is 24.8 Å². The number of benzene rings is 3. The summed E-state index contributed by atoms with van der Waals surface area (Å²) < 4.78 is 19.5. The highest BCUT2D eigenvalue weighted by Gasteiger charge is 2.43. The van der Waals surface area contributed by atoms with E-state index in [0.717, 1.165) is 0 Å². The van der Waals surface area contributed by atoms with Gasteiger partial charge in [0.15, 0.2) is 5.78 Å². The molecule has 1 aliphatic carbocycles. The fourth-order valence-corrected chi connectivity index (χ4v) is 4.33. The van der Waals surface area contributed by atoms with Crippen molar-refractivity contribution < 1.29 is 18.7 Å². The standard InChI is InChI=1S/C24H15ClFNO3/c1-30-20-10-7-15(26)12-18(20)17-8-5-13-6-9-19-23(28)21(13)22(17)24(29)27(19)16-4-2-3-14(25)11-16/h2-12,19H,1H3. The second-order valence-electron chi connectivity index (χ2n) is 7.12. The molecule has 4 nitrogen and oxygen atoms in total. The van der Waals surface area contributed by atoms with E-state index < -0.39 is 11.9 Å². The third-order valence-electron chi connectivity index (χ3n) is 5.46. The Kier molecular flexibility index (Phi) is 4.22. The zero-order valence-electron chi connectivity index (χ0n) is 15.9. The molecule has 2 aliphatic rings. The van der Waals surface area contributed by atoms with Crippen LogP contribution >= 0.6 is 11.6 Å². The lowest BCUT2D eigenvalue weighted by Gasteiger charge is -2.37. The molecule has 1 unspecified atom stereocenters. The second-order valence-corrected chi connectivity index (χ2v) is 7.56. The molecule has 0 aromatic heterocycles. The number of hydrogen-bond acceptors (Lipinski definition) is 3. The third-order valence-corrected chi connectivity index (χ3v) is 5.69. The quantitative estimate of drug-likeness (QED) is 0.571. The highest BCUT2D eigenvalue weighted by molar-refractivity contribution is 6.31. The summed E-state index contributed by atoms with van der Waals surface area (Å²) in [7, 11) is 1.48. The van der Waals surface area contributed by atoms with Crippen LogP contribution in [0, 0.1) is 5.82 Å². The predicted molar refractivity (Wildman–Crippen MR) is 114 cm³/mol. The SMILES string of the molecule is COc1ccc(F)cc1-c1ccc2c3c1C(=O)N(c1cccc(Cl)c1)C(C=C2)C3=O. The molecule has 3 aromatic rings. The van der Waals surface area contributed by atoms with Crippen molar-refractivity contribution in [2.75, 3.05) is 12.0 Å². The van der Waals surface area contributed by atoms with Crippen molar-refractivity contribution in [2.24, 2.45) is 0 Å². The van der Waals surface area contributed by atoms with E-state index in [1.807, 2.05) is 6.08 Å². The van der Waals surface area contributed by atoms with Gasteiger partial charge in [-0.2, -0.15) is 0 Å². The zero-order chi connectivity index (χ0) is 21.0. The number of ketones is 1. The van der Waals surface area contributed by atoms with Gasteiger partial charge in [0.25, 0.3) is 5.91 Å². The molecule has 5 rings (SSSR count). The highest BCUT2D eigenvalue weighted by atomic mass is 35.5. The normalized spacial score (nSPS) is 16.8. The molecule has 1 amide bonds. The average Bonchev–Trinajstić information content (AvgIpc) is 2.74. The van der Waals surface area contributed by atoms with Gasteiger partial charge in [-0.25, -0.2) is 4.39 Å². The molecular weight excluding hydrogens is 405 g/mol. The molecule has 0 saturated heterocycles. The Morgan fingerprint density at radius 3 is 2.60 bits per heavy atom. The first kappa shape index (κ1) is 18.6. The molecule has 3 aromatic carbocycles. The number of carbonyl (C=O) groups excluding carboxylic acids is 2. The van der Waals surface area contributed by atoms with Crippen molar-refractivity contribution in [3.63, 3.8) is 0 Å². The molecule has 1 aliphatic heterocycles. The summed E-state index contributed by atoms with van der Waals surface area (Å²) in [6, 6.07) is 13.7. The molecule has 1 heterocycles. The molecule has 0 radical (unpaired) electrons. The molecule has 1 atom stereocenters. The van der Waals surface area contributed by atoms with Crippen LogP contribution in [0.3, 0.4) is 0 Å². The largest absolute Gasteiger partial charge is 0.496 e. The number of amides is 1. The number of halogens is 2. The van der Waals surface area contributed by atoms with Crippen LogP contribution in [0.5, 0.6) is 5.75 Å². The summed E-state index contributed by atoms with van der Waals surface area (Å²) in [5.74, 6) is -0.575. The molecule has 148 valence electrons. The molecule has 6 heteroatoms. The van der Waals surface area contributed by atoms with Gasteiger partial charge in [0.2, 0.25) is 0 Å². The Labute approximate surface area is 177 Å². The number of hydrogen-bond donors (Lipinski definition) is 0. The maximum atomic E-state index is 14.1. The van der Waals surface area contributed by atoms with Crippen LogP contribution in [0.1, 0.15) is 26.3 Å². The average molecular weight is 420 g/mol. The molecule has 0 spiro atoms. The van der Waals surface area contributed by atoms with Crippen molar-refractivity contribution >= 4 is 35.1 Å².